The molecule has 3 nitrogen and oxygen atoms in total. The molecule has 2 N–H and O–H groups in total. The van der Waals surface area contributed by atoms with E-state index in [-0.39, 0.29) is 5.75 Å². The normalized spacial score (nSPS) is 12.6. The molecule has 0 aliphatic carbocycles. The third-order valence-corrected chi connectivity index (χ3v) is 1.93. The van der Waals surface area contributed by atoms with Crippen LogP contribution in [0, 0.1) is 0 Å². The molecule has 1 atom stereocenters. The smallest absolute Gasteiger partial charge is 0.343 e. The molecule has 0 spiro atoms. The topological polar surface area (TPSA) is 57.5 Å². The van der Waals surface area contributed by atoms with Crippen LogP contribution in [0.5, 0.6) is 0 Å². The fraction of sp³-hybridized carbons (Fsp3) is 0.400. The van der Waals surface area contributed by atoms with Crippen LogP contribution in [0.3, 0.4) is 0 Å². The molecule has 1 unspecified atom stereocenters. The number of carbonyl (C=O) groups is 1. The van der Waals surface area contributed by atoms with Crippen molar-refractivity contribution in [3.8, 4) is 0 Å². The quantitative estimate of drug-likeness (QED) is 0.634. The molecule has 0 fully saturated rings. The molecule has 5 heteroatoms. The summed E-state index contributed by atoms with van der Waals surface area (Å²) in [5, 5.41) is 17.1. The highest BCUT2D eigenvalue weighted by atomic mass is 35.5. The van der Waals surface area contributed by atoms with E-state index in [1.54, 1.807) is 0 Å². The van der Waals surface area contributed by atoms with Crippen LogP contribution in [0.4, 0.5) is 0 Å². The maximum atomic E-state index is 9.97. The van der Waals surface area contributed by atoms with Crippen molar-refractivity contribution in [1.29, 1.82) is 0 Å². The molecular weight excluding hydrogens is 176 g/mol. The van der Waals surface area contributed by atoms with Gasteiger partial charge in [-0.15, -0.1) is 11.8 Å². The number of carboxylic acids is 1. The summed E-state index contributed by atoms with van der Waals surface area (Å²) in [6, 6.07) is 0. The van der Waals surface area contributed by atoms with Gasteiger partial charge in [-0.2, -0.15) is 0 Å². The monoisotopic (exact) mass is 182 g/mol. The molecule has 0 aliphatic heterocycles. The first kappa shape index (κ1) is 9.81. The maximum Gasteiger partial charge on any atom is 0.343 e. The van der Waals surface area contributed by atoms with Gasteiger partial charge in [-0.1, -0.05) is 18.2 Å². The molecule has 0 aromatic carbocycles. The van der Waals surface area contributed by atoms with Crippen LogP contribution in [0.1, 0.15) is 0 Å². The van der Waals surface area contributed by atoms with E-state index in [1.165, 1.54) is 0 Å². The standard InChI is InChI=1S/C5H7ClO3S/c1-3(6)2-10-5(9)4(7)8/h5,9H,1-2H2,(H,7,8). The van der Waals surface area contributed by atoms with E-state index in [4.69, 9.17) is 21.8 Å². The van der Waals surface area contributed by atoms with Crippen LogP contribution in [0.2, 0.25) is 0 Å². The number of hydrogen-bond acceptors (Lipinski definition) is 3. The maximum absolute atomic E-state index is 9.97. The minimum atomic E-state index is -1.41. The van der Waals surface area contributed by atoms with Crippen molar-refractivity contribution in [2.45, 2.75) is 5.44 Å². The van der Waals surface area contributed by atoms with E-state index < -0.39 is 11.4 Å². The SMILES string of the molecule is C=C(Cl)CSC(O)C(=O)O. The molecule has 0 heterocycles. The Bertz CT molecular complexity index is 148. The number of aliphatic hydroxyl groups is 1. The highest BCUT2D eigenvalue weighted by Gasteiger charge is 2.12. The van der Waals surface area contributed by atoms with Crippen LogP contribution >= 0.6 is 23.4 Å². The summed E-state index contributed by atoms with van der Waals surface area (Å²) in [7, 11) is 0. The Morgan fingerprint density at radius 2 is 2.30 bits per heavy atom. The first-order chi connectivity index (χ1) is 4.54. The Morgan fingerprint density at radius 3 is 2.60 bits per heavy atom. The van der Waals surface area contributed by atoms with Crippen LogP contribution in [-0.2, 0) is 4.79 Å². The Kier molecular flexibility index (Phi) is 4.51. The van der Waals surface area contributed by atoms with Gasteiger partial charge >= 0.3 is 5.97 Å². The second-order valence-corrected chi connectivity index (χ2v) is 3.12. The lowest BCUT2D eigenvalue weighted by Gasteiger charge is -2.02. The minimum absolute atomic E-state index is 0.245. The second-order valence-electron chi connectivity index (χ2n) is 1.52. The molecule has 0 aromatic rings. The summed E-state index contributed by atoms with van der Waals surface area (Å²) in [4.78, 5) is 9.97. The predicted octanol–water partition coefficient (Wildman–Crippen LogP) is 0.875. The minimum Gasteiger partial charge on any atom is -0.479 e. The average molecular weight is 183 g/mol. The molecule has 0 saturated heterocycles. The number of carboxylic acid groups (broad SMARTS) is 1. The van der Waals surface area contributed by atoms with E-state index in [9.17, 15) is 4.79 Å². The van der Waals surface area contributed by atoms with Gasteiger partial charge in [0.2, 0.25) is 0 Å². The first-order valence-corrected chi connectivity index (χ1v) is 3.82. The van der Waals surface area contributed by atoms with Gasteiger partial charge in [0, 0.05) is 10.8 Å². The van der Waals surface area contributed by atoms with Gasteiger partial charge in [-0.3, -0.25) is 0 Å². The zero-order chi connectivity index (χ0) is 8.15. The zero-order valence-electron chi connectivity index (χ0n) is 5.08. The molecule has 0 aromatic heterocycles. The number of aliphatic hydroxyl groups excluding tert-OH is 1. The van der Waals surface area contributed by atoms with Crippen molar-refractivity contribution in [3.63, 3.8) is 0 Å². The molecule has 0 bridgehead atoms. The van der Waals surface area contributed by atoms with Crippen molar-refractivity contribution in [2.75, 3.05) is 5.75 Å². The fourth-order valence-corrected chi connectivity index (χ4v) is 0.911. The fourth-order valence-electron chi connectivity index (χ4n) is 0.241. The molecule has 0 saturated carbocycles. The van der Waals surface area contributed by atoms with Crippen molar-refractivity contribution >= 4 is 29.3 Å². The van der Waals surface area contributed by atoms with Crippen molar-refractivity contribution in [1.82, 2.24) is 0 Å². The van der Waals surface area contributed by atoms with Crippen molar-refractivity contribution < 1.29 is 15.0 Å². The van der Waals surface area contributed by atoms with Crippen molar-refractivity contribution in [2.24, 2.45) is 0 Å². The lowest BCUT2D eigenvalue weighted by molar-refractivity contribution is -0.141. The number of hydrogen-bond donors (Lipinski definition) is 2. The Morgan fingerprint density at radius 1 is 1.80 bits per heavy atom. The highest BCUT2D eigenvalue weighted by molar-refractivity contribution is 8.00. The third kappa shape index (κ3) is 4.67. The zero-order valence-corrected chi connectivity index (χ0v) is 6.65. The Hall–Kier alpha value is -0.190. The third-order valence-electron chi connectivity index (χ3n) is 0.609. The summed E-state index contributed by atoms with van der Waals surface area (Å²) in [6.07, 6.45) is 0. The van der Waals surface area contributed by atoms with E-state index in [1.807, 2.05) is 0 Å². The van der Waals surface area contributed by atoms with Gasteiger partial charge in [0.15, 0.2) is 5.44 Å². The molecule has 0 rings (SSSR count). The van der Waals surface area contributed by atoms with Gasteiger partial charge in [-0.05, 0) is 0 Å². The molecule has 10 heavy (non-hydrogen) atoms. The van der Waals surface area contributed by atoms with E-state index in [0.717, 1.165) is 11.8 Å². The Balaban J connectivity index is 3.49. The lowest BCUT2D eigenvalue weighted by atomic mass is 10.7. The Labute approximate surface area is 67.7 Å². The van der Waals surface area contributed by atoms with Gasteiger partial charge in [0.1, 0.15) is 0 Å². The largest absolute Gasteiger partial charge is 0.479 e. The molecule has 0 radical (unpaired) electrons. The number of halogens is 1. The predicted molar refractivity (Wildman–Crippen MR) is 41.1 cm³/mol. The number of aliphatic carboxylic acids is 1. The van der Waals surface area contributed by atoms with E-state index in [0.29, 0.717) is 5.03 Å². The van der Waals surface area contributed by atoms with Crippen molar-refractivity contribution in [3.05, 3.63) is 11.6 Å². The average Bonchev–Trinajstić information content (AvgIpc) is 1.82. The number of rotatable bonds is 4. The highest BCUT2D eigenvalue weighted by Crippen LogP contribution is 2.13. The van der Waals surface area contributed by atoms with Gasteiger partial charge in [0.05, 0.1) is 0 Å². The van der Waals surface area contributed by atoms with E-state index in [2.05, 4.69) is 6.58 Å². The summed E-state index contributed by atoms with van der Waals surface area (Å²) < 4.78 is 0. The van der Waals surface area contributed by atoms with Crippen LogP contribution in [0.25, 0.3) is 0 Å². The second kappa shape index (κ2) is 4.60. The van der Waals surface area contributed by atoms with Gasteiger partial charge in [0.25, 0.3) is 0 Å². The molecular formula is C5H7ClO3S. The summed E-state index contributed by atoms with van der Waals surface area (Å²) in [6.45, 7) is 3.33. The van der Waals surface area contributed by atoms with E-state index >= 15 is 0 Å². The summed E-state index contributed by atoms with van der Waals surface area (Å²) in [5.74, 6) is -1.02. The van der Waals surface area contributed by atoms with Gasteiger partial charge in [-0.25, -0.2) is 4.79 Å². The van der Waals surface area contributed by atoms with Gasteiger partial charge < -0.3 is 10.2 Å². The van der Waals surface area contributed by atoms with Crippen LogP contribution in [0.15, 0.2) is 11.6 Å². The number of thioether (sulfide) groups is 1. The summed E-state index contributed by atoms with van der Waals surface area (Å²) in [5.41, 5.74) is -1.41. The lowest BCUT2D eigenvalue weighted by Crippen LogP contribution is -2.15. The summed E-state index contributed by atoms with van der Waals surface area (Å²) >= 11 is 6.12. The van der Waals surface area contributed by atoms with Crippen LogP contribution in [-0.4, -0.2) is 27.4 Å². The first-order valence-electron chi connectivity index (χ1n) is 2.40. The molecule has 58 valence electrons. The molecule has 0 amide bonds. The van der Waals surface area contributed by atoms with Crippen LogP contribution < -0.4 is 0 Å². The molecule has 0 aliphatic rings.